The highest BCUT2D eigenvalue weighted by atomic mass is 32.2. The molecule has 27 heavy (non-hydrogen) atoms. The van der Waals surface area contributed by atoms with E-state index < -0.39 is 48.2 Å². The second-order valence-electron chi connectivity index (χ2n) is 5.23. The number of hydrogen-bond donors (Lipinski definition) is 2. The molecular weight excluding hydrogens is 412 g/mol. The number of primary sulfonamides is 1. The van der Waals surface area contributed by atoms with Crippen LogP contribution in [0.1, 0.15) is 11.1 Å². The Balaban J connectivity index is 2.36. The zero-order valence-corrected chi connectivity index (χ0v) is 14.9. The molecule has 0 amide bonds. The van der Waals surface area contributed by atoms with Crippen molar-refractivity contribution >= 4 is 31.8 Å². The van der Waals surface area contributed by atoms with Gasteiger partial charge in [-0.1, -0.05) is 18.2 Å². The number of anilines is 1. The van der Waals surface area contributed by atoms with Crippen LogP contribution in [-0.2, 0) is 26.2 Å². The summed E-state index contributed by atoms with van der Waals surface area (Å²) in [4.78, 5) is -0.793. The highest BCUT2D eigenvalue weighted by Gasteiger charge is 2.30. The zero-order valence-electron chi connectivity index (χ0n) is 13.2. The van der Waals surface area contributed by atoms with Gasteiger partial charge < -0.3 is 0 Å². The van der Waals surface area contributed by atoms with Crippen LogP contribution in [0.15, 0.2) is 52.8 Å². The molecule has 6 nitrogen and oxygen atoms in total. The lowest BCUT2D eigenvalue weighted by atomic mass is 10.1. The van der Waals surface area contributed by atoms with E-state index in [0.717, 1.165) is 36.4 Å². The van der Waals surface area contributed by atoms with Crippen LogP contribution in [0.5, 0.6) is 0 Å². The van der Waals surface area contributed by atoms with Crippen molar-refractivity contribution in [2.75, 3.05) is 4.72 Å². The maximum absolute atomic E-state index is 13.9. The van der Waals surface area contributed by atoms with Gasteiger partial charge in [-0.3, -0.25) is 4.72 Å². The molecule has 146 valence electrons. The number of nitrogens with two attached hydrogens (primary N) is 1. The Kier molecular flexibility index (Phi) is 5.63. The Hall–Kier alpha value is -2.44. The van der Waals surface area contributed by atoms with E-state index in [1.54, 1.807) is 4.72 Å². The van der Waals surface area contributed by atoms with Crippen molar-refractivity contribution in [3.8, 4) is 0 Å². The van der Waals surface area contributed by atoms with E-state index in [0.29, 0.717) is 11.5 Å². The number of para-hydroxylation sites is 1. The van der Waals surface area contributed by atoms with Crippen LogP contribution in [0.25, 0.3) is 6.08 Å². The maximum Gasteiger partial charge on any atom is 0.416 e. The van der Waals surface area contributed by atoms with Crippen LogP contribution in [0.3, 0.4) is 0 Å². The summed E-state index contributed by atoms with van der Waals surface area (Å²) < 4.78 is 101. The van der Waals surface area contributed by atoms with Crippen molar-refractivity contribution in [2.24, 2.45) is 5.14 Å². The predicted octanol–water partition coefficient (Wildman–Crippen LogP) is 2.90. The number of alkyl halides is 3. The molecule has 0 aliphatic carbocycles. The summed E-state index contributed by atoms with van der Waals surface area (Å²) in [6, 6.07) is 6.55. The van der Waals surface area contributed by atoms with Crippen molar-refractivity contribution in [3.63, 3.8) is 0 Å². The standard InChI is InChI=1S/C15H12F4N2O4S2/c16-12-5-2-6-13(27(20,24)25)14(12)21-26(22,23)8-7-10-3-1-4-11(9-10)15(17,18)19/h1-9,21H,(H2,20,24,25). The third-order valence-corrected chi connectivity index (χ3v) is 5.12. The molecule has 0 unspecified atom stereocenters. The van der Waals surface area contributed by atoms with E-state index in [1.807, 2.05) is 0 Å². The first-order valence-corrected chi connectivity index (χ1v) is 10.1. The van der Waals surface area contributed by atoms with Gasteiger partial charge in [0.1, 0.15) is 16.4 Å². The Morgan fingerprint density at radius 1 is 1.00 bits per heavy atom. The van der Waals surface area contributed by atoms with Crippen LogP contribution in [0.2, 0.25) is 0 Å². The highest BCUT2D eigenvalue weighted by molar-refractivity contribution is 7.95. The van der Waals surface area contributed by atoms with Crippen LogP contribution < -0.4 is 9.86 Å². The summed E-state index contributed by atoms with van der Waals surface area (Å²) in [5.41, 5.74) is -1.97. The zero-order chi connectivity index (χ0) is 20.5. The maximum atomic E-state index is 13.9. The second-order valence-corrected chi connectivity index (χ2v) is 8.33. The smallest absolute Gasteiger partial charge is 0.276 e. The molecule has 0 bridgehead atoms. The summed E-state index contributed by atoms with van der Waals surface area (Å²) in [6.07, 6.45) is -3.77. The van der Waals surface area contributed by atoms with Crippen molar-refractivity contribution in [3.05, 3.63) is 64.8 Å². The molecule has 0 aromatic heterocycles. The van der Waals surface area contributed by atoms with Gasteiger partial charge >= 0.3 is 6.18 Å². The highest BCUT2D eigenvalue weighted by Crippen LogP contribution is 2.30. The molecule has 0 saturated heterocycles. The Morgan fingerprint density at radius 2 is 1.63 bits per heavy atom. The summed E-state index contributed by atoms with van der Waals surface area (Å²) in [5, 5.41) is 5.39. The summed E-state index contributed by atoms with van der Waals surface area (Å²) in [5.74, 6) is -1.20. The molecule has 0 aliphatic heterocycles. The SMILES string of the molecule is NS(=O)(=O)c1cccc(F)c1NS(=O)(=O)C=Cc1cccc(C(F)(F)F)c1. The number of benzene rings is 2. The summed E-state index contributed by atoms with van der Waals surface area (Å²) in [7, 11) is -8.89. The molecule has 0 spiro atoms. The quantitative estimate of drug-likeness (QED) is 0.720. The molecule has 0 fully saturated rings. The van der Waals surface area contributed by atoms with Gasteiger partial charge in [-0.2, -0.15) is 13.2 Å². The van der Waals surface area contributed by atoms with Gasteiger partial charge in [-0.05, 0) is 35.9 Å². The van der Waals surface area contributed by atoms with Crippen molar-refractivity contribution in [1.82, 2.24) is 0 Å². The first kappa shape index (κ1) is 20.9. The molecule has 2 aromatic rings. The lowest BCUT2D eigenvalue weighted by Crippen LogP contribution is -2.18. The normalized spacial score (nSPS) is 13.1. The van der Waals surface area contributed by atoms with Gasteiger partial charge in [-0.15, -0.1) is 0 Å². The van der Waals surface area contributed by atoms with E-state index in [-0.39, 0.29) is 5.56 Å². The number of hydrogen-bond acceptors (Lipinski definition) is 4. The van der Waals surface area contributed by atoms with Gasteiger partial charge in [0.2, 0.25) is 10.0 Å². The average molecular weight is 424 g/mol. The van der Waals surface area contributed by atoms with E-state index in [2.05, 4.69) is 0 Å². The van der Waals surface area contributed by atoms with Crippen molar-refractivity contribution < 1.29 is 34.4 Å². The van der Waals surface area contributed by atoms with E-state index in [4.69, 9.17) is 5.14 Å². The van der Waals surface area contributed by atoms with Crippen LogP contribution in [0, 0.1) is 5.82 Å². The molecular formula is C15H12F4N2O4S2. The minimum absolute atomic E-state index is 0.0876. The Labute approximate surface area is 152 Å². The van der Waals surface area contributed by atoms with Crippen LogP contribution in [0.4, 0.5) is 23.2 Å². The molecule has 0 saturated carbocycles. The van der Waals surface area contributed by atoms with Gasteiger partial charge in [0.15, 0.2) is 0 Å². The third-order valence-electron chi connectivity index (χ3n) is 3.18. The third kappa shape index (κ3) is 5.52. The molecule has 3 N–H and O–H groups in total. The number of sulfonamides is 2. The molecule has 2 aromatic carbocycles. The van der Waals surface area contributed by atoms with Gasteiger partial charge in [-0.25, -0.2) is 26.4 Å². The number of halogens is 4. The molecule has 2 rings (SSSR count). The Bertz CT molecular complexity index is 1100. The van der Waals surface area contributed by atoms with E-state index in [1.165, 1.54) is 6.07 Å². The lowest BCUT2D eigenvalue weighted by molar-refractivity contribution is -0.137. The monoisotopic (exact) mass is 424 g/mol. The summed E-state index contributed by atoms with van der Waals surface area (Å²) >= 11 is 0. The largest absolute Gasteiger partial charge is 0.416 e. The molecule has 0 atom stereocenters. The fraction of sp³-hybridized carbons (Fsp3) is 0.0667. The Morgan fingerprint density at radius 3 is 2.22 bits per heavy atom. The van der Waals surface area contributed by atoms with Gasteiger partial charge in [0.25, 0.3) is 10.0 Å². The fourth-order valence-corrected chi connectivity index (χ4v) is 3.67. The second kappa shape index (κ2) is 7.29. The topological polar surface area (TPSA) is 106 Å². The van der Waals surface area contributed by atoms with Crippen molar-refractivity contribution in [2.45, 2.75) is 11.1 Å². The molecule has 0 aliphatic rings. The van der Waals surface area contributed by atoms with Crippen molar-refractivity contribution in [1.29, 1.82) is 0 Å². The molecule has 0 heterocycles. The minimum atomic E-state index is -4.61. The average Bonchev–Trinajstić information content (AvgIpc) is 2.53. The first-order chi connectivity index (χ1) is 12.3. The van der Waals surface area contributed by atoms with Gasteiger partial charge in [0.05, 0.1) is 11.0 Å². The number of nitrogens with one attached hydrogen (secondary N) is 1. The van der Waals surface area contributed by atoms with E-state index in [9.17, 15) is 34.4 Å². The minimum Gasteiger partial charge on any atom is -0.276 e. The van der Waals surface area contributed by atoms with Crippen LogP contribution in [-0.4, -0.2) is 16.8 Å². The fourth-order valence-electron chi connectivity index (χ4n) is 2.00. The van der Waals surface area contributed by atoms with Gasteiger partial charge in [0, 0.05) is 0 Å². The molecule has 12 heteroatoms. The number of rotatable bonds is 5. The van der Waals surface area contributed by atoms with E-state index >= 15 is 0 Å². The summed E-state index contributed by atoms with van der Waals surface area (Å²) in [6.45, 7) is 0. The predicted molar refractivity (Wildman–Crippen MR) is 90.8 cm³/mol. The molecule has 0 radical (unpaired) electrons. The first-order valence-electron chi connectivity index (χ1n) is 6.99. The lowest BCUT2D eigenvalue weighted by Gasteiger charge is -2.10. The van der Waals surface area contributed by atoms with Crippen LogP contribution >= 0.6 is 0 Å².